The standard InChI is InChI=1S/C20H22N4O3/c1-4-25-17-8-15-7-12(2)26-18(15)9-16(17)11-22-19-6-5-14(10-21-19)20-23-13(3)24-27-20/h5-6,8-10,12H,4,7,11H2,1-3H3,(H,21,22). The summed E-state index contributed by atoms with van der Waals surface area (Å²) in [6.45, 7) is 7.07. The molecule has 0 radical (unpaired) electrons. The minimum atomic E-state index is 0.209. The molecule has 2 aromatic heterocycles. The fourth-order valence-electron chi connectivity index (χ4n) is 3.13. The van der Waals surface area contributed by atoms with E-state index in [1.54, 1.807) is 13.1 Å². The molecule has 27 heavy (non-hydrogen) atoms. The molecule has 1 aliphatic heterocycles. The number of rotatable bonds is 6. The van der Waals surface area contributed by atoms with E-state index in [1.807, 2.05) is 19.1 Å². The van der Waals surface area contributed by atoms with Gasteiger partial charge < -0.3 is 19.3 Å². The Kier molecular flexibility index (Phi) is 4.66. The summed E-state index contributed by atoms with van der Waals surface area (Å²) in [6.07, 6.45) is 2.84. The monoisotopic (exact) mass is 366 g/mol. The molecule has 1 aromatic carbocycles. The van der Waals surface area contributed by atoms with Crippen LogP contribution in [0.4, 0.5) is 5.82 Å². The molecule has 3 heterocycles. The van der Waals surface area contributed by atoms with Crippen LogP contribution in [-0.2, 0) is 13.0 Å². The van der Waals surface area contributed by atoms with Gasteiger partial charge in [-0.2, -0.15) is 4.98 Å². The lowest BCUT2D eigenvalue weighted by molar-refractivity contribution is 0.254. The molecule has 0 amide bonds. The van der Waals surface area contributed by atoms with Crippen molar-refractivity contribution in [2.24, 2.45) is 0 Å². The Hall–Kier alpha value is -3.09. The Labute approximate surface area is 157 Å². The topological polar surface area (TPSA) is 82.3 Å². The van der Waals surface area contributed by atoms with Gasteiger partial charge in [-0.3, -0.25) is 0 Å². The first-order valence-corrected chi connectivity index (χ1v) is 9.08. The van der Waals surface area contributed by atoms with Crippen LogP contribution in [0.15, 0.2) is 35.0 Å². The van der Waals surface area contributed by atoms with Gasteiger partial charge in [0.05, 0.1) is 12.2 Å². The highest BCUT2D eigenvalue weighted by Gasteiger charge is 2.21. The third kappa shape index (κ3) is 3.72. The van der Waals surface area contributed by atoms with Gasteiger partial charge in [-0.1, -0.05) is 5.16 Å². The summed E-state index contributed by atoms with van der Waals surface area (Å²) in [5.74, 6) is 3.66. The van der Waals surface area contributed by atoms with Crippen LogP contribution in [0.2, 0.25) is 0 Å². The second kappa shape index (κ2) is 7.26. The zero-order valence-corrected chi connectivity index (χ0v) is 15.7. The molecule has 0 saturated carbocycles. The number of nitrogens with one attached hydrogen (secondary N) is 1. The Morgan fingerprint density at radius 2 is 2.19 bits per heavy atom. The number of ether oxygens (including phenoxy) is 2. The van der Waals surface area contributed by atoms with Crippen LogP contribution in [0.5, 0.6) is 11.5 Å². The van der Waals surface area contributed by atoms with E-state index in [1.165, 1.54) is 5.56 Å². The molecule has 0 bridgehead atoms. The molecule has 1 atom stereocenters. The van der Waals surface area contributed by atoms with Crippen LogP contribution in [0.25, 0.3) is 11.5 Å². The van der Waals surface area contributed by atoms with Crippen molar-refractivity contribution in [3.63, 3.8) is 0 Å². The quantitative estimate of drug-likeness (QED) is 0.711. The smallest absolute Gasteiger partial charge is 0.259 e. The van der Waals surface area contributed by atoms with Gasteiger partial charge in [-0.25, -0.2) is 4.98 Å². The maximum absolute atomic E-state index is 5.88. The third-order valence-electron chi connectivity index (χ3n) is 4.38. The molecule has 0 saturated heterocycles. The van der Waals surface area contributed by atoms with E-state index in [0.29, 0.717) is 24.9 Å². The summed E-state index contributed by atoms with van der Waals surface area (Å²) in [4.78, 5) is 8.64. The van der Waals surface area contributed by atoms with E-state index in [4.69, 9.17) is 14.0 Å². The van der Waals surface area contributed by atoms with E-state index < -0.39 is 0 Å². The van der Waals surface area contributed by atoms with Gasteiger partial charge in [0.2, 0.25) is 0 Å². The second-order valence-electron chi connectivity index (χ2n) is 6.57. The van der Waals surface area contributed by atoms with Gasteiger partial charge in [-0.05, 0) is 45.0 Å². The zero-order chi connectivity index (χ0) is 18.8. The first-order valence-electron chi connectivity index (χ1n) is 9.08. The van der Waals surface area contributed by atoms with Crippen molar-refractivity contribution in [3.8, 4) is 23.0 Å². The molecule has 7 heteroatoms. The number of aromatic nitrogens is 3. The maximum Gasteiger partial charge on any atom is 0.259 e. The van der Waals surface area contributed by atoms with E-state index >= 15 is 0 Å². The lowest BCUT2D eigenvalue weighted by atomic mass is 10.1. The molecule has 0 fully saturated rings. The van der Waals surface area contributed by atoms with Gasteiger partial charge in [0.25, 0.3) is 5.89 Å². The zero-order valence-electron chi connectivity index (χ0n) is 15.7. The highest BCUT2D eigenvalue weighted by molar-refractivity contribution is 5.55. The normalized spacial score (nSPS) is 15.3. The number of fused-ring (bicyclic) bond motifs is 1. The summed E-state index contributed by atoms with van der Waals surface area (Å²) in [5, 5.41) is 7.13. The molecule has 7 nitrogen and oxygen atoms in total. The van der Waals surface area contributed by atoms with Crippen molar-refractivity contribution in [1.82, 2.24) is 15.1 Å². The molecular weight excluding hydrogens is 344 g/mol. The van der Waals surface area contributed by atoms with Crippen molar-refractivity contribution < 1.29 is 14.0 Å². The summed E-state index contributed by atoms with van der Waals surface area (Å²) in [5.41, 5.74) is 3.03. The second-order valence-corrected chi connectivity index (χ2v) is 6.57. The number of hydrogen-bond donors (Lipinski definition) is 1. The molecule has 1 N–H and O–H groups in total. The summed E-state index contributed by atoms with van der Waals surface area (Å²) < 4.78 is 16.9. The Morgan fingerprint density at radius 1 is 1.30 bits per heavy atom. The van der Waals surface area contributed by atoms with E-state index in [0.717, 1.165) is 34.9 Å². The highest BCUT2D eigenvalue weighted by Crippen LogP contribution is 2.35. The third-order valence-corrected chi connectivity index (χ3v) is 4.38. The van der Waals surface area contributed by atoms with Crippen molar-refractivity contribution in [3.05, 3.63) is 47.4 Å². The number of benzene rings is 1. The average Bonchev–Trinajstić information content (AvgIpc) is 3.25. The molecular formula is C20H22N4O3. The van der Waals surface area contributed by atoms with Crippen LogP contribution in [0.1, 0.15) is 30.8 Å². The van der Waals surface area contributed by atoms with E-state index in [9.17, 15) is 0 Å². The van der Waals surface area contributed by atoms with Crippen LogP contribution in [0, 0.1) is 6.92 Å². The maximum atomic E-state index is 5.88. The molecule has 0 spiro atoms. The van der Waals surface area contributed by atoms with Gasteiger partial charge in [0.1, 0.15) is 23.4 Å². The van der Waals surface area contributed by atoms with Crippen molar-refractivity contribution in [2.75, 3.05) is 11.9 Å². The van der Waals surface area contributed by atoms with Crippen LogP contribution < -0.4 is 14.8 Å². The predicted molar refractivity (Wildman–Crippen MR) is 101 cm³/mol. The summed E-state index contributed by atoms with van der Waals surface area (Å²) >= 11 is 0. The van der Waals surface area contributed by atoms with Gasteiger partial charge >= 0.3 is 0 Å². The first kappa shape index (κ1) is 17.3. The van der Waals surface area contributed by atoms with Crippen molar-refractivity contribution in [2.45, 2.75) is 39.8 Å². The van der Waals surface area contributed by atoms with Gasteiger partial charge in [0, 0.05) is 30.3 Å². The fraction of sp³-hybridized carbons (Fsp3) is 0.350. The molecule has 0 aliphatic carbocycles. The van der Waals surface area contributed by atoms with Crippen LogP contribution >= 0.6 is 0 Å². The lowest BCUT2D eigenvalue weighted by Crippen LogP contribution is -2.05. The molecule has 1 unspecified atom stereocenters. The minimum Gasteiger partial charge on any atom is -0.494 e. The van der Waals surface area contributed by atoms with Gasteiger partial charge in [-0.15, -0.1) is 0 Å². The number of aryl methyl sites for hydroxylation is 1. The molecule has 4 rings (SSSR count). The first-order chi connectivity index (χ1) is 13.1. The number of anilines is 1. The fourth-order valence-corrected chi connectivity index (χ4v) is 3.13. The number of pyridine rings is 1. The van der Waals surface area contributed by atoms with Crippen LogP contribution in [-0.4, -0.2) is 27.8 Å². The van der Waals surface area contributed by atoms with E-state index in [-0.39, 0.29) is 6.10 Å². The van der Waals surface area contributed by atoms with Crippen LogP contribution in [0.3, 0.4) is 0 Å². The van der Waals surface area contributed by atoms with Gasteiger partial charge in [0.15, 0.2) is 5.82 Å². The minimum absolute atomic E-state index is 0.209. The Bertz CT molecular complexity index is 937. The highest BCUT2D eigenvalue weighted by atomic mass is 16.5. The lowest BCUT2D eigenvalue weighted by Gasteiger charge is -2.13. The SMILES string of the molecule is CCOc1cc2c(cc1CNc1ccc(-c3nc(C)no3)cn1)OC(C)C2. The number of nitrogens with zero attached hydrogens (tertiary/aromatic N) is 3. The molecule has 3 aromatic rings. The number of hydrogen-bond acceptors (Lipinski definition) is 7. The molecule has 140 valence electrons. The van der Waals surface area contributed by atoms with Crippen molar-refractivity contribution in [1.29, 1.82) is 0 Å². The summed E-state index contributed by atoms with van der Waals surface area (Å²) in [6, 6.07) is 7.95. The Morgan fingerprint density at radius 3 is 2.89 bits per heavy atom. The largest absolute Gasteiger partial charge is 0.494 e. The van der Waals surface area contributed by atoms with Crippen molar-refractivity contribution >= 4 is 5.82 Å². The summed E-state index contributed by atoms with van der Waals surface area (Å²) in [7, 11) is 0. The predicted octanol–water partition coefficient (Wildman–Crippen LogP) is 3.77. The average molecular weight is 366 g/mol. The Balaban J connectivity index is 1.49. The van der Waals surface area contributed by atoms with E-state index in [2.05, 4.69) is 39.5 Å². The molecule has 1 aliphatic rings.